The molecule has 0 spiro atoms. The highest BCUT2D eigenvalue weighted by molar-refractivity contribution is 5.94. The van der Waals surface area contributed by atoms with Crippen LogP contribution in [-0.2, 0) is 13.0 Å². The summed E-state index contributed by atoms with van der Waals surface area (Å²) in [6.45, 7) is 3.99. The Morgan fingerprint density at radius 3 is 2.71 bits per heavy atom. The van der Waals surface area contributed by atoms with Crippen LogP contribution in [0.2, 0.25) is 0 Å². The highest BCUT2D eigenvalue weighted by Crippen LogP contribution is 2.19. The molecule has 0 aliphatic rings. The maximum Gasteiger partial charge on any atom is 0.251 e. The summed E-state index contributed by atoms with van der Waals surface area (Å²) in [6, 6.07) is 17.6. The molecule has 3 N–H and O–H groups in total. The second kappa shape index (κ2) is 9.60. The van der Waals surface area contributed by atoms with E-state index in [2.05, 4.69) is 20.9 Å². The average Bonchev–Trinajstić information content (AvgIpc) is 3.14. The number of carbonyl (C=O) groups excluding carboxylic acids is 1. The first-order valence-electron chi connectivity index (χ1n) is 9.50. The van der Waals surface area contributed by atoms with Crippen molar-refractivity contribution >= 4 is 22.8 Å². The van der Waals surface area contributed by atoms with E-state index < -0.39 is 0 Å². The first-order valence-corrected chi connectivity index (χ1v) is 9.50. The molecule has 6 heteroatoms. The quantitative estimate of drug-likeness (QED) is 0.436. The van der Waals surface area contributed by atoms with E-state index in [9.17, 15) is 4.79 Å². The van der Waals surface area contributed by atoms with Gasteiger partial charge in [0.25, 0.3) is 5.91 Å². The second-order valence-electron chi connectivity index (χ2n) is 6.40. The lowest BCUT2D eigenvalue weighted by Gasteiger charge is -2.11. The molecule has 0 aliphatic carbocycles. The van der Waals surface area contributed by atoms with Crippen molar-refractivity contribution in [3.63, 3.8) is 0 Å². The molecular weight excluding hydrogens is 352 g/mol. The van der Waals surface area contributed by atoms with Crippen molar-refractivity contribution < 1.29 is 9.21 Å². The van der Waals surface area contributed by atoms with Crippen LogP contribution in [0.15, 0.2) is 64.0 Å². The zero-order chi connectivity index (χ0) is 19.8. The van der Waals surface area contributed by atoms with Gasteiger partial charge in [-0.3, -0.25) is 4.79 Å². The maximum atomic E-state index is 11.8. The summed E-state index contributed by atoms with van der Waals surface area (Å²) in [5.41, 5.74) is 2.65. The van der Waals surface area contributed by atoms with Gasteiger partial charge in [-0.05, 0) is 43.2 Å². The third kappa shape index (κ3) is 5.13. The third-order valence-corrected chi connectivity index (χ3v) is 4.34. The number of nitrogens with zero attached hydrogens (tertiary/aromatic N) is 1. The molecule has 28 heavy (non-hydrogen) atoms. The number of furan rings is 1. The Balaban J connectivity index is 1.58. The number of fused-ring (bicyclic) bond motifs is 1. The lowest BCUT2D eigenvalue weighted by Crippen LogP contribution is -2.38. The van der Waals surface area contributed by atoms with Gasteiger partial charge in [-0.1, -0.05) is 30.3 Å². The molecule has 3 rings (SSSR count). The van der Waals surface area contributed by atoms with Crippen LogP contribution in [0.25, 0.3) is 11.0 Å². The SMILES string of the molecule is CCNC(=NCc1cc2ccccc2o1)NCCc1cccc(C(=O)NC)c1. The van der Waals surface area contributed by atoms with Crippen molar-refractivity contribution in [2.45, 2.75) is 19.9 Å². The van der Waals surface area contributed by atoms with Crippen LogP contribution in [0.3, 0.4) is 0 Å². The molecule has 1 amide bonds. The first-order chi connectivity index (χ1) is 13.7. The molecule has 1 aromatic heterocycles. The molecule has 0 saturated carbocycles. The fourth-order valence-electron chi connectivity index (χ4n) is 2.95. The number of hydrogen-bond acceptors (Lipinski definition) is 3. The number of benzene rings is 2. The Morgan fingerprint density at radius 1 is 1.07 bits per heavy atom. The number of amides is 1. The third-order valence-electron chi connectivity index (χ3n) is 4.34. The molecular formula is C22H26N4O2. The smallest absolute Gasteiger partial charge is 0.251 e. The predicted molar refractivity (Wildman–Crippen MR) is 113 cm³/mol. The van der Waals surface area contributed by atoms with Crippen LogP contribution < -0.4 is 16.0 Å². The summed E-state index contributed by atoms with van der Waals surface area (Å²) >= 11 is 0. The van der Waals surface area contributed by atoms with Gasteiger partial charge in [0.1, 0.15) is 17.9 Å². The molecule has 0 fully saturated rings. The van der Waals surface area contributed by atoms with Gasteiger partial charge < -0.3 is 20.4 Å². The van der Waals surface area contributed by atoms with Crippen molar-refractivity contribution in [2.24, 2.45) is 4.99 Å². The van der Waals surface area contributed by atoms with Gasteiger partial charge in [-0.15, -0.1) is 0 Å². The fraction of sp³-hybridized carbons (Fsp3) is 0.273. The summed E-state index contributed by atoms with van der Waals surface area (Å²) in [5, 5.41) is 10.3. The number of rotatable bonds is 7. The number of para-hydroxylation sites is 1. The molecule has 0 unspecified atom stereocenters. The van der Waals surface area contributed by atoms with Crippen molar-refractivity contribution in [3.8, 4) is 0 Å². The normalized spacial score (nSPS) is 11.4. The van der Waals surface area contributed by atoms with E-state index in [0.29, 0.717) is 18.7 Å². The Hall–Kier alpha value is -3.28. The summed E-state index contributed by atoms with van der Waals surface area (Å²) in [4.78, 5) is 16.4. The largest absolute Gasteiger partial charge is 0.459 e. The minimum atomic E-state index is -0.0736. The number of carbonyl (C=O) groups is 1. The topological polar surface area (TPSA) is 78.7 Å². The van der Waals surface area contributed by atoms with Crippen LogP contribution in [0, 0.1) is 0 Å². The van der Waals surface area contributed by atoms with Gasteiger partial charge in [-0.2, -0.15) is 0 Å². The van der Waals surface area contributed by atoms with Gasteiger partial charge in [0.15, 0.2) is 5.96 Å². The molecule has 2 aromatic carbocycles. The lowest BCUT2D eigenvalue weighted by atomic mass is 10.1. The summed E-state index contributed by atoms with van der Waals surface area (Å²) < 4.78 is 5.82. The van der Waals surface area contributed by atoms with Gasteiger partial charge >= 0.3 is 0 Å². The van der Waals surface area contributed by atoms with Crippen LogP contribution >= 0.6 is 0 Å². The number of hydrogen-bond donors (Lipinski definition) is 3. The standard InChI is InChI=1S/C22H26N4O2/c1-3-24-22(26-15-19-14-17-8-4-5-10-20(17)28-19)25-12-11-16-7-6-9-18(13-16)21(27)23-2/h4-10,13-14H,3,11-12,15H2,1-2H3,(H,23,27)(H2,24,25,26). The van der Waals surface area contributed by atoms with Crippen molar-refractivity contribution in [1.82, 2.24) is 16.0 Å². The minimum Gasteiger partial charge on any atom is -0.459 e. The highest BCUT2D eigenvalue weighted by Gasteiger charge is 2.05. The number of nitrogens with one attached hydrogen (secondary N) is 3. The van der Waals surface area contributed by atoms with E-state index in [4.69, 9.17) is 4.42 Å². The monoisotopic (exact) mass is 378 g/mol. The molecule has 0 bridgehead atoms. The minimum absolute atomic E-state index is 0.0736. The molecule has 0 aliphatic heterocycles. The fourth-order valence-corrected chi connectivity index (χ4v) is 2.95. The van der Waals surface area contributed by atoms with Crippen molar-refractivity contribution in [2.75, 3.05) is 20.1 Å². The maximum absolute atomic E-state index is 11.8. The van der Waals surface area contributed by atoms with E-state index in [0.717, 1.165) is 41.2 Å². The van der Waals surface area contributed by atoms with Crippen molar-refractivity contribution in [1.29, 1.82) is 0 Å². The summed E-state index contributed by atoms with van der Waals surface area (Å²) in [6.07, 6.45) is 0.792. The summed E-state index contributed by atoms with van der Waals surface area (Å²) in [5.74, 6) is 1.50. The van der Waals surface area contributed by atoms with Crippen molar-refractivity contribution in [3.05, 3.63) is 71.5 Å². The molecule has 6 nitrogen and oxygen atoms in total. The summed E-state index contributed by atoms with van der Waals surface area (Å²) in [7, 11) is 1.64. The van der Waals surface area contributed by atoms with Gasteiger partial charge in [-0.25, -0.2) is 4.99 Å². The Morgan fingerprint density at radius 2 is 1.93 bits per heavy atom. The van der Waals surface area contributed by atoms with Gasteiger partial charge in [0.2, 0.25) is 0 Å². The van der Waals surface area contributed by atoms with Crippen LogP contribution in [0.1, 0.15) is 28.6 Å². The van der Waals surface area contributed by atoms with Crippen LogP contribution in [-0.4, -0.2) is 32.0 Å². The lowest BCUT2D eigenvalue weighted by molar-refractivity contribution is 0.0963. The molecule has 1 heterocycles. The number of aliphatic imine (C=N–C) groups is 1. The first kappa shape index (κ1) is 19.5. The zero-order valence-electron chi connectivity index (χ0n) is 16.3. The van der Waals surface area contributed by atoms with Gasteiger partial charge in [0, 0.05) is 31.1 Å². The molecule has 3 aromatic rings. The molecule has 0 saturated heterocycles. The Labute approximate surface area is 165 Å². The van der Waals surface area contributed by atoms with E-state index in [1.54, 1.807) is 7.05 Å². The molecule has 0 radical (unpaired) electrons. The van der Waals surface area contributed by atoms with E-state index >= 15 is 0 Å². The van der Waals surface area contributed by atoms with Crippen LogP contribution in [0.4, 0.5) is 0 Å². The van der Waals surface area contributed by atoms with Gasteiger partial charge in [0.05, 0.1) is 0 Å². The predicted octanol–water partition coefficient (Wildman–Crippen LogP) is 3.09. The van der Waals surface area contributed by atoms with E-state index in [1.165, 1.54) is 0 Å². The highest BCUT2D eigenvalue weighted by atomic mass is 16.3. The zero-order valence-corrected chi connectivity index (χ0v) is 16.3. The molecule has 0 atom stereocenters. The Kier molecular flexibility index (Phi) is 6.68. The van der Waals surface area contributed by atoms with Crippen LogP contribution in [0.5, 0.6) is 0 Å². The number of guanidine groups is 1. The second-order valence-corrected chi connectivity index (χ2v) is 6.40. The molecule has 146 valence electrons. The van der Waals surface area contributed by atoms with E-state index in [-0.39, 0.29) is 5.91 Å². The van der Waals surface area contributed by atoms with E-state index in [1.807, 2.05) is 61.5 Å². The Bertz CT molecular complexity index is 929. The average molecular weight is 378 g/mol.